The second kappa shape index (κ2) is 5.62. The second-order valence-electron chi connectivity index (χ2n) is 4.90. The lowest BCUT2D eigenvalue weighted by atomic mass is 10.2. The molecule has 24 heavy (non-hydrogen) atoms. The number of nitro benzene ring substituents is 1. The fourth-order valence-electron chi connectivity index (χ4n) is 2.29. The molecule has 2 heterocycles. The van der Waals surface area contributed by atoms with E-state index in [0.29, 0.717) is 5.13 Å². The van der Waals surface area contributed by atoms with Gasteiger partial charge in [0.25, 0.3) is 11.6 Å². The van der Waals surface area contributed by atoms with E-state index < -0.39 is 10.8 Å². The number of hydrogen-bond acceptors (Lipinski definition) is 7. The van der Waals surface area contributed by atoms with Crippen LogP contribution in [0.25, 0.3) is 20.4 Å². The average Bonchev–Trinajstić information content (AvgIpc) is 3.20. The van der Waals surface area contributed by atoms with Gasteiger partial charge in [-0.1, -0.05) is 17.4 Å². The Hall–Kier alpha value is -2.91. The zero-order valence-corrected chi connectivity index (χ0v) is 13.6. The van der Waals surface area contributed by atoms with Crippen molar-refractivity contribution in [3.63, 3.8) is 0 Å². The topological polar surface area (TPSA) is 98.0 Å². The van der Waals surface area contributed by atoms with Crippen molar-refractivity contribution in [2.45, 2.75) is 0 Å². The largest absolute Gasteiger partial charge is 0.298 e. The molecular formula is C15H8N4O3S2. The van der Waals surface area contributed by atoms with Crippen molar-refractivity contribution >= 4 is 59.8 Å². The first-order valence-corrected chi connectivity index (χ1v) is 8.50. The third-order valence-electron chi connectivity index (χ3n) is 3.39. The summed E-state index contributed by atoms with van der Waals surface area (Å²) < 4.78 is 1.99. The minimum absolute atomic E-state index is 0.127. The zero-order valence-electron chi connectivity index (χ0n) is 11.9. The Balaban J connectivity index is 1.67. The summed E-state index contributed by atoms with van der Waals surface area (Å²) in [5.41, 5.74) is 3.54. The first-order valence-electron chi connectivity index (χ1n) is 6.80. The number of rotatable bonds is 3. The van der Waals surface area contributed by atoms with Gasteiger partial charge >= 0.3 is 0 Å². The fourth-order valence-corrected chi connectivity index (χ4v) is 4.18. The van der Waals surface area contributed by atoms with Gasteiger partial charge in [-0.15, -0.1) is 11.3 Å². The number of nitrogens with one attached hydrogen (secondary N) is 1. The average molecular weight is 356 g/mol. The molecule has 7 nitrogen and oxygen atoms in total. The molecule has 0 aliphatic carbocycles. The third-order valence-corrected chi connectivity index (χ3v) is 5.39. The number of nitrogens with zero attached hydrogens (tertiary/aromatic N) is 3. The van der Waals surface area contributed by atoms with Crippen LogP contribution in [0.4, 0.5) is 10.8 Å². The van der Waals surface area contributed by atoms with Gasteiger partial charge in [-0.25, -0.2) is 9.97 Å². The van der Waals surface area contributed by atoms with Crippen molar-refractivity contribution in [3.8, 4) is 0 Å². The number of nitro groups is 1. The Morgan fingerprint density at radius 3 is 2.83 bits per heavy atom. The van der Waals surface area contributed by atoms with E-state index in [2.05, 4.69) is 15.3 Å². The van der Waals surface area contributed by atoms with E-state index in [1.165, 1.54) is 46.9 Å². The van der Waals surface area contributed by atoms with Gasteiger partial charge in [-0.3, -0.25) is 20.2 Å². The molecule has 0 saturated carbocycles. The van der Waals surface area contributed by atoms with Crippen molar-refractivity contribution in [2.24, 2.45) is 0 Å². The lowest BCUT2D eigenvalue weighted by Crippen LogP contribution is -2.11. The van der Waals surface area contributed by atoms with E-state index in [0.717, 1.165) is 20.4 Å². The molecule has 0 radical (unpaired) electrons. The fraction of sp³-hybridized carbons (Fsp3) is 0. The number of non-ortho nitro benzene ring substituents is 1. The van der Waals surface area contributed by atoms with Crippen LogP contribution < -0.4 is 5.32 Å². The molecule has 0 spiro atoms. The maximum absolute atomic E-state index is 12.3. The van der Waals surface area contributed by atoms with Crippen molar-refractivity contribution in [1.82, 2.24) is 9.97 Å². The molecule has 2 aromatic carbocycles. The molecule has 0 aliphatic heterocycles. The van der Waals surface area contributed by atoms with E-state index in [1.807, 2.05) is 12.1 Å². The number of carbonyl (C=O) groups is 1. The lowest BCUT2D eigenvalue weighted by Gasteiger charge is -2.01. The summed E-state index contributed by atoms with van der Waals surface area (Å²) in [6, 6.07) is 9.33. The van der Waals surface area contributed by atoms with Gasteiger partial charge < -0.3 is 0 Å². The predicted octanol–water partition coefficient (Wildman–Crippen LogP) is 4.07. The number of amides is 1. The van der Waals surface area contributed by atoms with Crippen LogP contribution in [0.1, 0.15) is 10.4 Å². The van der Waals surface area contributed by atoms with E-state index in [4.69, 9.17) is 0 Å². The molecule has 4 rings (SSSR count). The minimum Gasteiger partial charge on any atom is -0.298 e. The number of anilines is 1. The quantitative estimate of drug-likeness (QED) is 0.441. The zero-order chi connectivity index (χ0) is 16.7. The van der Waals surface area contributed by atoms with Crippen LogP contribution in [-0.4, -0.2) is 20.8 Å². The summed E-state index contributed by atoms with van der Waals surface area (Å²) >= 11 is 2.88. The molecular weight excluding hydrogens is 348 g/mol. The molecule has 0 bridgehead atoms. The number of fused-ring (bicyclic) bond motifs is 3. The summed E-state index contributed by atoms with van der Waals surface area (Å²) in [4.78, 5) is 31.2. The monoisotopic (exact) mass is 356 g/mol. The molecule has 1 amide bonds. The van der Waals surface area contributed by atoms with Crippen molar-refractivity contribution in [1.29, 1.82) is 0 Å². The highest BCUT2D eigenvalue weighted by Crippen LogP contribution is 2.34. The Morgan fingerprint density at radius 2 is 2.00 bits per heavy atom. The first-order chi connectivity index (χ1) is 11.6. The van der Waals surface area contributed by atoms with Gasteiger partial charge in [0.05, 0.1) is 30.9 Å². The molecule has 118 valence electrons. The van der Waals surface area contributed by atoms with Gasteiger partial charge in [-0.05, 0) is 18.2 Å². The molecule has 2 aromatic heterocycles. The van der Waals surface area contributed by atoms with Gasteiger partial charge in [0, 0.05) is 17.7 Å². The molecule has 4 aromatic rings. The SMILES string of the molecule is O=C(Nc1nc2ccc3ncsc3c2s1)c1cccc([N+](=O)[O-])c1. The molecule has 0 unspecified atom stereocenters. The van der Waals surface area contributed by atoms with Crippen molar-refractivity contribution in [3.05, 3.63) is 57.6 Å². The molecule has 9 heteroatoms. The third kappa shape index (κ3) is 2.49. The van der Waals surface area contributed by atoms with Crippen molar-refractivity contribution in [2.75, 3.05) is 5.32 Å². The van der Waals surface area contributed by atoms with Gasteiger partial charge in [0.2, 0.25) is 0 Å². The smallest absolute Gasteiger partial charge is 0.270 e. The summed E-state index contributed by atoms with van der Waals surface area (Å²) in [5.74, 6) is -0.432. The van der Waals surface area contributed by atoms with Gasteiger partial charge in [0.1, 0.15) is 0 Å². The first kappa shape index (κ1) is 14.7. The summed E-state index contributed by atoms with van der Waals surface area (Å²) in [6.45, 7) is 0. The number of aromatic nitrogens is 2. The maximum Gasteiger partial charge on any atom is 0.270 e. The van der Waals surface area contributed by atoms with E-state index in [-0.39, 0.29) is 11.3 Å². The number of benzene rings is 2. The Morgan fingerprint density at radius 1 is 1.17 bits per heavy atom. The van der Waals surface area contributed by atoms with Gasteiger partial charge in [0.15, 0.2) is 5.13 Å². The van der Waals surface area contributed by atoms with Crippen LogP contribution in [-0.2, 0) is 0 Å². The van der Waals surface area contributed by atoms with Crippen LogP contribution in [0.5, 0.6) is 0 Å². The standard InChI is InChI=1S/C15H8N4O3S2/c20-14(8-2-1-3-9(6-8)19(21)22)18-15-17-11-5-4-10-12(13(11)24-15)23-7-16-10/h1-7H,(H,17,18,20). The van der Waals surface area contributed by atoms with E-state index in [9.17, 15) is 14.9 Å². The highest BCUT2D eigenvalue weighted by atomic mass is 32.1. The Kier molecular flexibility index (Phi) is 3.44. The lowest BCUT2D eigenvalue weighted by molar-refractivity contribution is -0.384. The summed E-state index contributed by atoms with van der Waals surface area (Å²) in [6.07, 6.45) is 0. The van der Waals surface area contributed by atoms with Crippen LogP contribution in [0.2, 0.25) is 0 Å². The number of thiazole rings is 2. The van der Waals surface area contributed by atoms with Crippen LogP contribution in [0.15, 0.2) is 41.9 Å². The molecule has 0 aliphatic rings. The van der Waals surface area contributed by atoms with Crippen LogP contribution >= 0.6 is 22.7 Å². The summed E-state index contributed by atoms with van der Waals surface area (Å²) in [7, 11) is 0. The van der Waals surface area contributed by atoms with Gasteiger partial charge in [-0.2, -0.15) is 0 Å². The Labute approximate surface area is 142 Å². The highest BCUT2D eigenvalue weighted by Gasteiger charge is 2.15. The number of hydrogen-bond donors (Lipinski definition) is 1. The van der Waals surface area contributed by atoms with E-state index >= 15 is 0 Å². The highest BCUT2D eigenvalue weighted by molar-refractivity contribution is 7.28. The minimum atomic E-state index is -0.533. The predicted molar refractivity (Wildman–Crippen MR) is 93.8 cm³/mol. The molecule has 1 N–H and O–H groups in total. The second-order valence-corrected chi connectivity index (χ2v) is 6.75. The van der Waals surface area contributed by atoms with Crippen LogP contribution in [0, 0.1) is 10.1 Å². The summed E-state index contributed by atoms with van der Waals surface area (Å²) in [5, 5.41) is 14.0. The van der Waals surface area contributed by atoms with Crippen LogP contribution in [0.3, 0.4) is 0 Å². The van der Waals surface area contributed by atoms with Crippen molar-refractivity contribution < 1.29 is 9.72 Å². The molecule has 0 atom stereocenters. The Bertz CT molecular complexity index is 1100. The molecule has 0 saturated heterocycles. The molecule has 0 fully saturated rings. The van der Waals surface area contributed by atoms with E-state index in [1.54, 1.807) is 5.51 Å². The number of carbonyl (C=O) groups excluding carboxylic acids is 1. The normalized spacial score (nSPS) is 11.0. The maximum atomic E-state index is 12.3.